The van der Waals surface area contributed by atoms with Gasteiger partial charge in [0.05, 0.1) is 11.1 Å². The second-order valence-electron chi connectivity index (χ2n) is 9.42. The van der Waals surface area contributed by atoms with Crippen LogP contribution in [0, 0.1) is 34.6 Å². The van der Waals surface area contributed by atoms with Gasteiger partial charge >= 0.3 is 0 Å². The van der Waals surface area contributed by atoms with E-state index in [9.17, 15) is 8.42 Å². The molecule has 1 aliphatic rings. The van der Waals surface area contributed by atoms with Crippen LogP contribution in [0.3, 0.4) is 0 Å². The zero-order valence-electron chi connectivity index (χ0n) is 20.9. The van der Waals surface area contributed by atoms with Crippen molar-refractivity contribution < 1.29 is 8.42 Å². The van der Waals surface area contributed by atoms with E-state index in [1.807, 2.05) is 39.0 Å². The Kier molecular flexibility index (Phi) is 5.89. The number of nitrogens with zero attached hydrogens (tertiary/aromatic N) is 5. The van der Waals surface area contributed by atoms with Crippen molar-refractivity contribution in [2.24, 2.45) is 0 Å². The number of piperazine rings is 1. The average Bonchev–Trinajstić information content (AvgIpc) is 3.25. The highest BCUT2D eigenvalue weighted by atomic mass is 32.2. The van der Waals surface area contributed by atoms with Crippen LogP contribution in [0.25, 0.3) is 16.8 Å². The molecule has 1 aliphatic heterocycles. The van der Waals surface area contributed by atoms with Crippen molar-refractivity contribution in [1.82, 2.24) is 18.9 Å². The van der Waals surface area contributed by atoms with Crippen molar-refractivity contribution in [3.63, 3.8) is 0 Å². The number of anilines is 1. The second kappa shape index (κ2) is 8.77. The van der Waals surface area contributed by atoms with Gasteiger partial charge in [-0.2, -0.15) is 9.40 Å². The van der Waals surface area contributed by atoms with Crippen molar-refractivity contribution in [3.8, 4) is 11.1 Å². The summed E-state index contributed by atoms with van der Waals surface area (Å²) in [6.45, 7) is 12.3. The molecule has 0 radical (unpaired) electrons. The molecule has 4 aromatic rings. The van der Waals surface area contributed by atoms with Crippen LogP contribution in [0.5, 0.6) is 0 Å². The van der Waals surface area contributed by atoms with Gasteiger partial charge in [-0.1, -0.05) is 24.3 Å². The predicted molar refractivity (Wildman–Crippen MR) is 140 cm³/mol. The maximum absolute atomic E-state index is 13.7. The van der Waals surface area contributed by atoms with Crippen LogP contribution in [-0.4, -0.2) is 53.5 Å². The lowest BCUT2D eigenvalue weighted by molar-refractivity contribution is 0.384. The predicted octanol–water partition coefficient (Wildman–Crippen LogP) is 4.45. The molecule has 0 spiro atoms. The largest absolute Gasteiger partial charge is 0.369 e. The van der Waals surface area contributed by atoms with Gasteiger partial charge in [0, 0.05) is 48.8 Å². The smallest absolute Gasteiger partial charge is 0.243 e. The number of aromatic nitrogens is 3. The molecule has 0 saturated carbocycles. The van der Waals surface area contributed by atoms with Gasteiger partial charge in [-0.25, -0.2) is 17.9 Å². The Labute approximate surface area is 207 Å². The molecule has 2 aromatic carbocycles. The van der Waals surface area contributed by atoms with E-state index in [1.165, 1.54) is 16.8 Å². The molecule has 0 N–H and O–H groups in total. The quantitative estimate of drug-likeness (QED) is 0.424. The molecule has 7 nitrogen and oxygen atoms in total. The molecular weight excluding hydrogens is 458 g/mol. The molecule has 1 fully saturated rings. The van der Waals surface area contributed by atoms with E-state index in [0.717, 1.165) is 33.7 Å². The van der Waals surface area contributed by atoms with Gasteiger partial charge in [0.2, 0.25) is 10.0 Å². The maximum atomic E-state index is 13.7. The van der Waals surface area contributed by atoms with Gasteiger partial charge in [0.15, 0.2) is 5.65 Å². The highest BCUT2D eigenvalue weighted by Crippen LogP contribution is 2.31. The molecule has 0 amide bonds. The minimum Gasteiger partial charge on any atom is -0.369 e. The Balaban J connectivity index is 1.45. The third-order valence-electron chi connectivity index (χ3n) is 7.05. The lowest BCUT2D eigenvalue weighted by Crippen LogP contribution is -2.49. The fraction of sp³-hybridized carbons (Fsp3) is 0.333. The lowest BCUT2D eigenvalue weighted by Gasteiger charge is -2.36. The topological polar surface area (TPSA) is 70.8 Å². The van der Waals surface area contributed by atoms with Crippen molar-refractivity contribution in [3.05, 3.63) is 76.7 Å². The highest BCUT2D eigenvalue weighted by Gasteiger charge is 2.30. The van der Waals surface area contributed by atoms with Crippen LogP contribution < -0.4 is 4.90 Å². The zero-order valence-corrected chi connectivity index (χ0v) is 21.7. The summed E-state index contributed by atoms with van der Waals surface area (Å²) in [6, 6.07) is 13.9. The third-order valence-corrected chi connectivity index (χ3v) is 9.09. The summed E-state index contributed by atoms with van der Waals surface area (Å²) in [5.74, 6) is 0. The van der Waals surface area contributed by atoms with Crippen molar-refractivity contribution in [2.75, 3.05) is 31.1 Å². The van der Waals surface area contributed by atoms with Crippen molar-refractivity contribution >= 4 is 21.4 Å². The summed E-state index contributed by atoms with van der Waals surface area (Å²) in [6.07, 6.45) is 1.76. The van der Waals surface area contributed by atoms with E-state index >= 15 is 0 Å². The first kappa shape index (κ1) is 23.5. The fourth-order valence-electron chi connectivity index (χ4n) is 4.91. The Hall–Kier alpha value is -3.23. The first-order chi connectivity index (χ1) is 16.7. The minimum absolute atomic E-state index is 0.346. The monoisotopic (exact) mass is 489 g/mol. The van der Waals surface area contributed by atoms with Crippen molar-refractivity contribution in [2.45, 2.75) is 39.5 Å². The first-order valence-corrected chi connectivity index (χ1v) is 13.3. The molecule has 2 aromatic heterocycles. The van der Waals surface area contributed by atoms with Gasteiger partial charge in [-0.3, -0.25) is 0 Å². The number of hydrogen-bond acceptors (Lipinski definition) is 5. The number of rotatable bonds is 4. The summed E-state index contributed by atoms with van der Waals surface area (Å²) in [5.41, 5.74) is 8.67. The molecule has 0 atom stereocenters. The molecule has 1 saturated heterocycles. The first-order valence-electron chi connectivity index (χ1n) is 11.9. The van der Waals surface area contributed by atoms with Gasteiger partial charge < -0.3 is 4.90 Å². The second-order valence-corrected chi connectivity index (χ2v) is 11.3. The van der Waals surface area contributed by atoms with Crippen LogP contribution >= 0.6 is 0 Å². The molecule has 0 aliphatic carbocycles. The third kappa shape index (κ3) is 4.10. The Morgan fingerprint density at radius 2 is 1.60 bits per heavy atom. The Morgan fingerprint density at radius 3 is 2.34 bits per heavy atom. The van der Waals surface area contributed by atoms with Crippen LogP contribution in [0.2, 0.25) is 0 Å². The molecular formula is C27H31N5O2S. The molecule has 35 heavy (non-hydrogen) atoms. The summed E-state index contributed by atoms with van der Waals surface area (Å²) < 4.78 is 30.9. The van der Waals surface area contributed by atoms with Gasteiger partial charge in [0.1, 0.15) is 0 Å². The van der Waals surface area contributed by atoms with E-state index in [-0.39, 0.29) is 0 Å². The van der Waals surface area contributed by atoms with Gasteiger partial charge in [0.25, 0.3) is 0 Å². The van der Waals surface area contributed by atoms with Crippen molar-refractivity contribution in [1.29, 1.82) is 0 Å². The fourth-order valence-corrected chi connectivity index (χ4v) is 6.58. The number of sulfonamides is 1. The summed E-state index contributed by atoms with van der Waals surface area (Å²) in [7, 11) is -3.64. The highest BCUT2D eigenvalue weighted by molar-refractivity contribution is 7.89. The van der Waals surface area contributed by atoms with E-state index in [4.69, 9.17) is 0 Å². The van der Waals surface area contributed by atoms with Crippen LogP contribution in [0.15, 0.2) is 53.6 Å². The number of hydrogen-bond donors (Lipinski definition) is 0. The van der Waals surface area contributed by atoms with Crippen LogP contribution in [0.1, 0.15) is 28.1 Å². The lowest BCUT2D eigenvalue weighted by atomic mass is 10.1. The normalized spacial score (nSPS) is 15.2. The average molecular weight is 490 g/mol. The van der Waals surface area contributed by atoms with E-state index in [2.05, 4.69) is 47.0 Å². The SMILES string of the molecule is Cc1cc(C)n2ncc(-c3ccc(C)c(S(=O)(=O)N4CCN(c5cccc(C)c5C)CC4)c3)c2n1. The molecule has 8 heteroatoms. The number of benzene rings is 2. The molecule has 0 bridgehead atoms. The number of aryl methyl sites for hydroxylation is 4. The maximum Gasteiger partial charge on any atom is 0.243 e. The van der Waals surface area contributed by atoms with E-state index in [1.54, 1.807) is 21.1 Å². The van der Waals surface area contributed by atoms with E-state index < -0.39 is 10.0 Å². The van der Waals surface area contributed by atoms with Gasteiger partial charge in [-0.05, 0) is 75.1 Å². The molecule has 0 unspecified atom stereocenters. The summed E-state index contributed by atoms with van der Waals surface area (Å²) >= 11 is 0. The van der Waals surface area contributed by atoms with Gasteiger partial charge in [-0.15, -0.1) is 0 Å². The molecule has 5 rings (SSSR count). The Morgan fingerprint density at radius 1 is 0.857 bits per heavy atom. The molecule has 3 heterocycles. The standard InChI is InChI=1S/C27H31N5O2S/c1-18-7-6-8-25(22(18)5)30-11-13-31(14-12-30)35(33,34)26-16-23(10-9-19(26)2)24-17-28-32-21(4)15-20(3)29-27(24)32/h6-10,15-17H,11-14H2,1-5H3. The number of fused-ring (bicyclic) bond motifs is 1. The summed E-state index contributed by atoms with van der Waals surface area (Å²) in [4.78, 5) is 7.29. The zero-order chi connectivity index (χ0) is 24.9. The van der Waals surface area contributed by atoms with Crippen LogP contribution in [-0.2, 0) is 10.0 Å². The Bertz CT molecular complexity index is 1530. The van der Waals surface area contributed by atoms with E-state index in [0.29, 0.717) is 31.1 Å². The minimum atomic E-state index is -3.64. The summed E-state index contributed by atoms with van der Waals surface area (Å²) in [5, 5.41) is 4.48. The molecule has 182 valence electrons. The van der Waals surface area contributed by atoms with Crippen LogP contribution in [0.4, 0.5) is 5.69 Å².